The highest BCUT2D eigenvalue weighted by Crippen LogP contribution is 2.14. The van der Waals surface area contributed by atoms with Crippen LogP contribution in [0.1, 0.15) is 54.4 Å². The molecule has 1 aliphatic rings. The van der Waals surface area contributed by atoms with E-state index in [1.54, 1.807) is 6.92 Å². The van der Waals surface area contributed by atoms with Crippen molar-refractivity contribution in [1.29, 1.82) is 0 Å². The first-order valence-electron chi connectivity index (χ1n) is 6.95. The summed E-state index contributed by atoms with van der Waals surface area (Å²) in [6, 6.07) is 0. The van der Waals surface area contributed by atoms with Gasteiger partial charge in [0.25, 0.3) is 0 Å². The van der Waals surface area contributed by atoms with E-state index in [2.05, 4.69) is 12.2 Å². The molecule has 1 aliphatic heterocycles. The van der Waals surface area contributed by atoms with Gasteiger partial charge in [-0.25, -0.2) is 0 Å². The van der Waals surface area contributed by atoms with Gasteiger partial charge in [-0.05, 0) is 32.9 Å². The highest BCUT2D eigenvalue weighted by molar-refractivity contribution is 5.73. The molecule has 1 amide bonds. The summed E-state index contributed by atoms with van der Waals surface area (Å²) in [5, 5.41) is 2.75. The largest absolute Gasteiger partial charge is 0.343 e. The summed E-state index contributed by atoms with van der Waals surface area (Å²) in [6.07, 6.45) is 2.46. The maximum absolute atomic E-state index is 10.9. The van der Waals surface area contributed by atoms with Crippen molar-refractivity contribution in [1.82, 2.24) is 10.2 Å². The summed E-state index contributed by atoms with van der Waals surface area (Å²) in [4.78, 5) is 12.8. The van der Waals surface area contributed by atoms with Crippen LogP contribution in [0.15, 0.2) is 0 Å². The highest BCUT2D eigenvalue weighted by Gasteiger charge is 2.17. The van der Waals surface area contributed by atoms with E-state index < -0.39 is 0 Å². The fourth-order valence-electron chi connectivity index (χ4n) is 1.48. The number of rotatable bonds is 0. The number of piperidine rings is 1. The van der Waals surface area contributed by atoms with Gasteiger partial charge in [0.05, 0.1) is 0 Å². The van der Waals surface area contributed by atoms with Crippen molar-refractivity contribution in [2.24, 2.45) is 5.92 Å². The van der Waals surface area contributed by atoms with Gasteiger partial charge >= 0.3 is 0 Å². The molecule has 0 radical (unpaired) electrons. The first kappa shape index (κ1) is 21.7. The SMILES string of the molecule is CC.CC.CC(=O)N1CCCC(C)C1.CNC. The minimum Gasteiger partial charge on any atom is -0.343 e. The molecule has 3 heteroatoms. The first-order valence-corrected chi connectivity index (χ1v) is 6.95. The molecule has 17 heavy (non-hydrogen) atoms. The summed E-state index contributed by atoms with van der Waals surface area (Å²) >= 11 is 0. The smallest absolute Gasteiger partial charge is 0.219 e. The van der Waals surface area contributed by atoms with E-state index in [1.807, 2.05) is 46.7 Å². The van der Waals surface area contributed by atoms with E-state index in [-0.39, 0.29) is 5.91 Å². The van der Waals surface area contributed by atoms with Crippen molar-refractivity contribution in [3.63, 3.8) is 0 Å². The van der Waals surface area contributed by atoms with Crippen LogP contribution in [0.25, 0.3) is 0 Å². The molecule has 106 valence electrons. The third kappa shape index (κ3) is 15.4. The lowest BCUT2D eigenvalue weighted by atomic mass is 10.0. The number of nitrogens with one attached hydrogen (secondary N) is 1. The number of hydrogen-bond acceptors (Lipinski definition) is 2. The van der Waals surface area contributed by atoms with E-state index >= 15 is 0 Å². The summed E-state index contributed by atoms with van der Waals surface area (Å²) in [7, 11) is 3.75. The predicted octanol–water partition coefficient (Wildman–Crippen LogP) is 3.15. The molecule has 1 unspecified atom stereocenters. The second kappa shape index (κ2) is 17.8. The van der Waals surface area contributed by atoms with E-state index in [0.717, 1.165) is 13.1 Å². The van der Waals surface area contributed by atoms with Gasteiger partial charge in [0.15, 0.2) is 0 Å². The molecule has 0 bridgehead atoms. The average Bonchev–Trinajstić information content (AvgIpc) is 2.35. The Labute approximate surface area is 109 Å². The Balaban J connectivity index is -0.000000239. The lowest BCUT2D eigenvalue weighted by Crippen LogP contribution is -2.37. The minimum absolute atomic E-state index is 0.228. The Bertz CT molecular complexity index is 149. The van der Waals surface area contributed by atoms with Crippen LogP contribution >= 0.6 is 0 Å². The zero-order chi connectivity index (χ0) is 14.3. The highest BCUT2D eigenvalue weighted by atomic mass is 16.2. The van der Waals surface area contributed by atoms with Gasteiger partial charge < -0.3 is 10.2 Å². The number of hydrogen-bond donors (Lipinski definition) is 1. The van der Waals surface area contributed by atoms with Crippen LogP contribution < -0.4 is 5.32 Å². The van der Waals surface area contributed by atoms with Crippen LogP contribution in [0.4, 0.5) is 0 Å². The topological polar surface area (TPSA) is 32.3 Å². The van der Waals surface area contributed by atoms with Gasteiger partial charge in [-0.15, -0.1) is 0 Å². The second-order valence-corrected chi connectivity index (χ2v) is 3.71. The van der Waals surface area contributed by atoms with E-state index in [1.165, 1.54) is 12.8 Å². The second-order valence-electron chi connectivity index (χ2n) is 3.71. The number of likely N-dealkylation sites (tertiary alicyclic amines) is 1. The molecule has 0 aromatic rings. The third-order valence-electron chi connectivity index (χ3n) is 2.10. The van der Waals surface area contributed by atoms with Gasteiger partial charge in [-0.3, -0.25) is 4.79 Å². The number of nitrogens with zero attached hydrogens (tertiary/aromatic N) is 1. The van der Waals surface area contributed by atoms with Crippen LogP contribution in [-0.2, 0) is 4.79 Å². The van der Waals surface area contributed by atoms with E-state index in [4.69, 9.17) is 0 Å². The standard InChI is InChI=1S/C8H15NO.C2H7N.2C2H6/c1-7-4-3-5-9(6-7)8(2)10;1-3-2;2*1-2/h7H,3-6H2,1-2H3;3H,1-2H3;2*1-2H3. The summed E-state index contributed by atoms with van der Waals surface area (Å²) in [5.41, 5.74) is 0. The van der Waals surface area contributed by atoms with Gasteiger partial charge in [-0.2, -0.15) is 0 Å². The van der Waals surface area contributed by atoms with Crippen molar-refractivity contribution < 1.29 is 4.79 Å². The van der Waals surface area contributed by atoms with Crippen LogP contribution in [0.5, 0.6) is 0 Å². The molecule has 0 spiro atoms. The fraction of sp³-hybridized carbons (Fsp3) is 0.929. The Morgan fingerprint density at radius 3 is 1.82 bits per heavy atom. The number of amides is 1. The van der Waals surface area contributed by atoms with Crippen LogP contribution in [0, 0.1) is 5.92 Å². The van der Waals surface area contributed by atoms with Gasteiger partial charge in [0.2, 0.25) is 5.91 Å². The molecule has 1 heterocycles. The lowest BCUT2D eigenvalue weighted by molar-refractivity contribution is -0.130. The van der Waals surface area contributed by atoms with Crippen molar-refractivity contribution in [3.8, 4) is 0 Å². The summed E-state index contributed by atoms with van der Waals surface area (Å²) in [6.45, 7) is 13.8. The average molecular weight is 246 g/mol. The van der Waals surface area contributed by atoms with Gasteiger partial charge in [0, 0.05) is 20.0 Å². The Kier molecular flexibility index (Phi) is 22.7. The molecule has 1 fully saturated rings. The predicted molar refractivity (Wildman–Crippen MR) is 78.3 cm³/mol. The van der Waals surface area contributed by atoms with Gasteiger partial charge in [0.1, 0.15) is 0 Å². The Hall–Kier alpha value is -0.570. The Morgan fingerprint density at radius 1 is 1.18 bits per heavy atom. The third-order valence-corrected chi connectivity index (χ3v) is 2.10. The van der Waals surface area contributed by atoms with E-state index in [0.29, 0.717) is 5.92 Å². The molecule has 1 atom stereocenters. The molecule has 0 aromatic heterocycles. The molecule has 0 aliphatic carbocycles. The summed E-state index contributed by atoms with van der Waals surface area (Å²) < 4.78 is 0. The zero-order valence-corrected chi connectivity index (χ0v) is 13.3. The molecular formula is C14H34N2O. The van der Waals surface area contributed by atoms with Crippen molar-refractivity contribution >= 4 is 5.91 Å². The maximum Gasteiger partial charge on any atom is 0.219 e. The van der Waals surface area contributed by atoms with Crippen molar-refractivity contribution in [3.05, 3.63) is 0 Å². The minimum atomic E-state index is 0.228. The molecular weight excluding hydrogens is 212 g/mol. The quantitative estimate of drug-likeness (QED) is 0.712. The monoisotopic (exact) mass is 246 g/mol. The first-order chi connectivity index (χ1) is 8.11. The van der Waals surface area contributed by atoms with Crippen molar-refractivity contribution in [2.75, 3.05) is 27.2 Å². The molecule has 0 aromatic carbocycles. The van der Waals surface area contributed by atoms with Crippen LogP contribution in [0.2, 0.25) is 0 Å². The molecule has 1 N–H and O–H groups in total. The molecule has 3 nitrogen and oxygen atoms in total. The van der Waals surface area contributed by atoms with Crippen LogP contribution in [-0.4, -0.2) is 38.0 Å². The summed E-state index contributed by atoms with van der Waals surface area (Å²) in [5.74, 6) is 0.934. The molecule has 1 rings (SSSR count). The van der Waals surface area contributed by atoms with Crippen LogP contribution in [0.3, 0.4) is 0 Å². The molecule has 1 saturated heterocycles. The fourth-order valence-corrected chi connectivity index (χ4v) is 1.48. The normalized spacial score (nSPS) is 17.4. The molecule has 0 saturated carbocycles. The number of carbonyl (C=O) groups excluding carboxylic acids is 1. The Morgan fingerprint density at radius 2 is 1.59 bits per heavy atom. The lowest BCUT2D eigenvalue weighted by Gasteiger charge is -2.29. The number of carbonyl (C=O) groups is 1. The zero-order valence-electron chi connectivity index (χ0n) is 13.3. The van der Waals surface area contributed by atoms with Crippen molar-refractivity contribution in [2.45, 2.75) is 54.4 Å². The van der Waals surface area contributed by atoms with E-state index in [9.17, 15) is 4.79 Å². The van der Waals surface area contributed by atoms with Gasteiger partial charge in [-0.1, -0.05) is 34.6 Å². The maximum atomic E-state index is 10.9.